The minimum absolute atomic E-state index is 0.199. The van der Waals surface area contributed by atoms with Crippen LogP contribution in [0.25, 0.3) is 0 Å². The summed E-state index contributed by atoms with van der Waals surface area (Å²) in [6, 6.07) is 7.42. The molecule has 4 heteroatoms. The maximum Gasteiger partial charge on any atom is 0.101 e. The normalized spacial score (nSPS) is 23.3. The summed E-state index contributed by atoms with van der Waals surface area (Å²) in [6.07, 6.45) is 4.08. The van der Waals surface area contributed by atoms with Crippen LogP contribution in [0, 0.1) is 17.2 Å². The topological polar surface area (TPSA) is 82.1 Å². The fourth-order valence-corrected chi connectivity index (χ4v) is 2.44. The Morgan fingerprint density at radius 2 is 2.17 bits per heavy atom. The van der Waals surface area contributed by atoms with E-state index >= 15 is 0 Å². The average molecular weight is 245 g/mol. The van der Waals surface area contributed by atoms with Gasteiger partial charge in [0.2, 0.25) is 0 Å². The highest BCUT2D eigenvalue weighted by atomic mass is 16.3. The van der Waals surface area contributed by atoms with Crippen molar-refractivity contribution in [3.8, 4) is 6.07 Å². The molecule has 0 saturated heterocycles. The molecule has 2 atom stereocenters. The van der Waals surface area contributed by atoms with E-state index in [1.807, 2.05) is 6.07 Å². The number of benzene rings is 1. The molecular weight excluding hydrogens is 226 g/mol. The lowest BCUT2D eigenvalue weighted by molar-refractivity contribution is 0.0763. The molecule has 4 N–H and O–H groups in total. The average Bonchev–Trinajstić information content (AvgIpc) is 2.39. The van der Waals surface area contributed by atoms with E-state index in [1.54, 1.807) is 12.1 Å². The van der Waals surface area contributed by atoms with Gasteiger partial charge in [0.05, 0.1) is 11.7 Å². The number of nitrogens with zero attached hydrogens (tertiary/aromatic N) is 1. The standard InChI is InChI=1S/C14H19N3O/c15-8-11-7-12(5-6-13(11)16)17-9-10-3-1-2-4-14(10)18/h5-7,10,14,17-18H,1-4,9,16H2. The molecule has 0 bridgehead atoms. The van der Waals surface area contributed by atoms with Crippen LogP contribution in [0.5, 0.6) is 0 Å². The van der Waals surface area contributed by atoms with Crippen LogP contribution in [0.1, 0.15) is 31.2 Å². The van der Waals surface area contributed by atoms with Crippen molar-refractivity contribution in [1.29, 1.82) is 5.26 Å². The summed E-state index contributed by atoms with van der Waals surface area (Å²) < 4.78 is 0. The lowest BCUT2D eigenvalue weighted by atomic mass is 9.86. The van der Waals surface area contributed by atoms with Crippen molar-refractivity contribution in [2.45, 2.75) is 31.8 Å². The van der Waals surface area contributed by atoms with Gasteiger partial charge in [0.25, 0.3) is 0 Å². The molecule has 0 spiro atoms. The third-order valence-corrected chi connectivity index (χ3v) is 3.61. The van der Waals surface area contributed by atoms with Gasteiger partial charge < -0.3 is 16.2 Å². The number of nitrogens with one attached hydrogen (secondary N) is 1. The minimum Gasteiger partial charge on any atom is -0.398 e. The number of nitrogen functional groups attached to an aromatic ring is 1. The number of aliphatic hydroxyl groups is 1. The second-order valence-electron chi connectivity index (χ2n) is 4.91. The van der Waals surface area contributed by atoms with Gasteiger partial charge in [0.15, 0.2) is 0 Å². The van der Waals surface area contributed by atoms with Gasteiger partial charge in [-0.15, -0.1) is 0 Å². The Labute approximate surface area is 107 Å². The Balaban J connectivity index is 1.95. The second-order valence-corrected chi connectivity index (χ2v) is 4.91. The van der Waals surface area contributed by atoms with Gasteiger partial charge in [-0.3, -0.25) is 0 Å². The molecule has 1 aromatic carbocycles. The van der Waals surface area contributed by atoms with E-state index in [-0.39, 0.29) is 6.10 Å². The summed E-state index contributed by atoms with van der Waals surface area (Å²) in [5, 5.41) is 22.1. The lowest BCUT2D eigenvalue weighted by Crippen LogP contribution is -2.30. The number of hydrogen-bond donors (Lipinski definition) is 3. The summed E-state index contributed by atoms with van der Waals surface area (Å²) in [5.74, 6) is 0.307. The zero-order valence-corrected chi connectivity index (χ0v) is 10.4. The molecule has 1 aromatic rings. The van der Waals surface area contributed by atoms with Crippen LogP contribution in [0.15, 0.2) is 18.2 Å². The quantitative estimate of drug-likeness (QED) is 0.712. The van der Waals surface area contributed by atoms with Crippen LogP contribution in [-0.2, 0) is 0 Å². The van der Waals surface area contributed by atoms with Crippen LogP contribution in [0.2, 0.25) is 0 Å². The lowest BCUT2D eigenvalue weighted by Gasteiger charge is -2.28. The molecule has 0 radical (unpaired) electrons. The van der Waals surface area contributed by atoms with E-state index in [1.165, 1.54) is 6.42 Å². The van der Waals surface area contributed by atoms with Gasteiger partial charge in [0.1, 0.15) is 6.07 Å². The molecule has 0 aromatic heterocycles. The molecule has 96 valence electrons. The molecule has 0 aliphatic heterocycles. The minimum atomic E-state index is -0.199. The molecule has 1 saturated carbocycles. The predicted molar refractivity (Wildman–Crippen MR) is 72.0 cm³/mol. The highest BCUT2D eigenvalue weighted by molar-refractivity contribution is 5.61. The maximum atomic E-state index is 9.88. The van der Waals surface area contributed by atoms with Crippen LogP contribution >= 0.6 is 0 Å². The van der Waals surface area contributed by atoms with E-state index in [0.717, 1.165) is 31.5 Å². The summed E-state index contributed by atoms with van der Waals surface area (Å²) >= 11 is 0. The van der Waals surface area contributed by atoms with Crippen molar-refractivity contribution in [1.82, 2.24) is 0 Å². The summed E-state index contributed by atoms with van der Waals surface area (Å²) in [5.41, 5.74) is 7.55. The third-order valence-electron chi connectivity index (χ3n) is 3.61. The van der Waals surface area contributed by atoms with Crippen molar-refractivity contribution >= 4 is 11.4 Å². The number of rotatable bonds is 3. The largest absolute Gasteiger partial charge is 0.398 e. The monoisotopic (exact) mass is 245 g/mol. The molecule has 2 unspecified atom stereocenters. The Hall–Kier alpha value is -1.73. The number of nitrogens with two attached hydrogens (primary N) is 1. The van der Waals surface area contributed by atoms with Crippen LogP contribution in [-0.4, -0.2) is 17.8 Å². The van der Waals surface area contributed by atoms with Crippen molar-refractivity contribution in [2.24, 2.45) is 5.92 Å². The molecule has 4 nitrogen and oxygen atoms in total. The SMILES string of the molecule is N#Cc1cc(NCC2CCCCC2O)ccc1N. The van der Waals surface area contributed by atoms with E-state index in [9.17, 15) is 5.11 Å². The first-order chi connectivity index (χ1) is 8.70. The first-order valence-electron chi connectivity index (χ1n) is 6.42. The molecule has 0 heterocycles. The van der Waals surface area contributed by atoms with Crippen molar-refractivity contribution in [2.75, 3.05) is 17.6 Å². The number of hydrogen-bond acceptors (Lipinski definition) is 4. The highest BCUT2D eigenvalue weighted by Gasteiger charge is 2.22. The molecule has 0 amide bonds. The first-order valence-corrected chi connectivity index (χ1v) is 6.42. The number of aliphatic hydroxyl groups excluding tert-OH is 1. The summed E-state index contributed by atoms with van der Waals surface area (Å²) in [4.78, 5) is 0. The molecule has 18 heavy (non-hydrogen) atoms. The van der Waals surface area contributed by atoms with Crippen LogP contribution in [0.4, 0.5) is 11.4 Å². The van der Waals surface area contributed by atoms with E-state index in [0.29, 0.717) is 17.2 Å². The summed E-state index contributed by atoms with van der Waals surface area (Å²) in [6.45, 7) is 0.746. The Kier molecular flexibility index (Phi) is 4.06. The molecule has 2 rings (SSSR count). The Morgan fingerprint density at radius 3 is 2.89 bits per heavy atom. The van der Waals surface area contributed by atoms with Crippen LogP contribution < -0.4 is 11.1 Å². The highest BCUT2D eigenvalue weighted by Crippen LogP contribution is 2.25. The van der Waals surface area contributed by atoms with Gasteiger partial charge in [-0.1, -0.05) is 12.8 Å². The fraction of sp³-hybridized carbons (Fsp3) is 0.500. The summed E-state index contributed by atoms with van der Waals surface area (Å²) in [7, 11) is 0. The van der Waals surface area contributed by atoms with Crippen molar-refractivity contribution < 1.29 is 5.11 Å². The van der Waals surface area contributed by atoms with Crippen molar-refractivity contribution in [3.05, 3.63) is 23.8 Å². The Morgan fingerprint density at radius 1 is 1.39 bits per heavy atom. The zero-order valence-electron chi connectivity index (χ0n) is 10.4. The number of nitriles is 1. The second kappa shape index (κ2) is 5.74. The molecule has 1 aliphatic carbocycles. The number of anilines is 2. The van der Waals surface area contributed by atoms with Gasteiger partial charge in [-0.05, 0) is 31.0 Å². The molecule has 1 aliphatic rings. The smallest absolute Gasteiger partial charge is 0.101 e. The molecular formula is C14H19N3O. The van der Waals surface area contributed by atoms with Gasteiger partial charge in [-0.25, -0.2) is 0 Å². The van der Waals surface area contributed by atoms with Gasteiger partial charge in [-0.2, -0.15) is 5.26 Å². The van der Waals surface area contributed by atoms with Gasteiger partial charge in [0, 0.05) is 23.8 Å². The van der Waals surface area contributed by atoms with Crippen molar-refractivity contribution in [3.63, 3.8) is 0 Å². The zero-order chi connectivity index (χ0) is 13.0. The predicted octanol–water partition coefficient (Wildman–Crippen LogP) is 2.10. The van der Waals surface area contributed by atoms with E-state index in [4.69, 9.17) is 11.0 Å². The first kappa shape index (κ1) is 12.7. The third kappa shape index (κ3) is 2.93. The van der Waals surface area contributed by atoms with E-state index < -0.39 is 0 Å². The van der Waals surface area contributed by atoms with Gasteiger partial charge >= 0.3 is 0 Å². The Bertz CT molecular complexity index is 453. The van der Waals surface area contributed by atoms with Crippen LogP contribution in [0.3, 0.4) is 0 Å². The fourth-order valence-electron chi connectivity index (χ4n) is 2.44. The van der Waals surface area contributed by atoms with E-state index in [2.05, 4.69) is 11.4 Å². The maximum absolute atomic E-state index is 9.88. The molecule has 1 fully saturated rings.